The van der Waals surface area contributed by atoms with Gasteiger partial charge in [0.15, 0.2) is 0 Å². The molecule has 0 fully saturated rings. The maximum atomic E-state index is 4.23. The van der Waals surface area contributed by atoms with Crippen molar-refractivity contribution in [2.45, 2.75) is 0 Å². The zero-order valence-electron chi connectivity index (χ0n) is 5.02. The topological polar surface area (TPSA) is 25.8 Å². The first-order chi connectivity index (χ1) is 4.97. The predicted octanol–water partition coefficient (Wildman–Crippen LogP) is 0.258. The van der Waals surface area contributed by atoms with E-state index in [4.69, 9.17) is 0 Å². The third kappa shape index (κ3) is 1.16. The molecule has 0 radical (unpaired) electrons. The standard InChI is InChI=1S/C6H4N2Se2/c1-3-9-5(7-1)6-8-2-4-10-6/h1-4H. The summed E-state index contributed by atoms with van der Waals surface area (Å²) < 4.78 is 2.44. The molecule has 0 aromatic carbocycles. The molecular formula is C6H4N2Se2. The van der Waals surface area contributed by atoms with Gasteiger partial charge in [-0.1, -0.05) is 0 Å². The van der Waals surface area contributed by atoms with Crippen molar-refractivity contribution in [1.82, 2.24) is 9.97 Å². The Morgan fingerprint density at radius 3 is 1.70 bits per heavy atom. The zero-order valence-corrected chi connectivity index (χ0v) is 8.45. The molecule has 0 saturated heterocycles. The summed E-state index contributed by atoms with van der Waals surface area (Å²) in [5.41, 5.74) is 0. The molecule has 4 heteroatoms. The minimum atomic E-state index is 0.465. The summed E-state index contributed by atoms with van der Waals surface area (Å²) in [6.07, 6.45) is 3.76. The number of rotatable bonds is 1. The summed E-state index contributed by atoms with van der Waals surface area (Å²) >= 11 is 0.930. The first kappa shape index (κ1) is 6.56. The van der Waals surface area contributed by atoms with Crippen molar-refractivity contribution in [2.24, 2.45) is 0 Å². The van der Waals surface area contributed by atoms with Gasteiger partial charge in [-0.2, -0.15) is 0 Å². The van der Waals surface area contributed by atoms with E-state index >= 15 is 0 Å². The van der Waals surface area contributed by atoms with E-state index in [2.05, 4.69) is 19.8 Å². The van der Waals surface area contributed by atoms with Gasteiger partial charge in [0.25, 0.3) is 0 Å². The van der Waals surface area contributed by atoms with Gasteiger partial charge in [-0.25, -0.2) is 0 Å². The van der Waals surface area contributed by atoms with Crippen LogP contribution in [0.3, 0.4) is 0 Å². The average molecular weight is 262 g/mol. The van der Waals surface area contributed by atoms with Gasteiger partial charge in [0.1, 0.15) is 0 Å². The van der Waals surface area contributed by atoms with Crippen molar-refractivity contribution in [2.75, 3.05) is 0 Å². The summed E-state index contributed by atoms with van der Waals surface area (Å²) in [7, 11) is 0. The molecule has 10 heavy (non-hydrogen) atoms. The molecule has 2 nitrogen and oxygen atoms in total. The third-order valence-electron chi connectivity index (χ3n) is 1.05. The Kier molecular flexibility index (Phi) is 1.87. The van der Waals surface area contributed by atoms with Crippen LogP contribution in [0, 0.1) is 0 Å². The molecule has 2 heterocycles. The van der Waals surface area contributed by atoms with Crippen LogP contribution in [0.15, 0.2) is 22.3 Å². The van der Waals surface area contributed by atoms with Crippen molar-refractivity contribution in [3.05, 3.63) is 22.3 Å². The van der Waals surface area contributed by atoms with E-state index in [0.717, 1.165) is 0 Å². The summed E-state index contributed by atoms with van der Waals surface area (Å²) in [6.45, 7) is 0. The quantitative estimate of drug-likeness (QED) is 0.689. The first-order valence-electron chi connectivity index (χ1n) is 2.76. The van der Waals surface area contributed by atoms with E-state index in [0.29, 0.717) is 29.0 Å². The monoisotopic (exact) mass is 264 g/mol. The Labute approximate surface area is 70.4 Å². The summed E-state index contributed by atoms with van der Waals surface area (Å²) in [4.78, 5) is 12.7. The molecule has 2 aromatic heterocycles. The van der Waals surface area contributed by atoms with Crippen LogP contribution in [0.1, 0.15) is 0 Å². The molecule has 0 unspecified atom stereocenters. The SMILES string of the molecule is c1c[se]c(-c2ncc[se]2)n1. The van der Waals surface area contributed by atoms with Gasteiger partial charge in [0.2, 0.25) is 0 Å². The van der Waals surface area contributed by atoms with Crippen LogP contribution in [-0.2, 0) is 0 Å². The molecule has 0 aliphatic carbocycles. The van der Waals surface area contributed by atoms with E-state index in [1.54, 1.807) is 0 Å². The Morgan fingerprint density at radius 2 is 1.40 bits per heavy atom. The van der Waals surface area contributed by atoms with Crippen molar-refractivity contribution >= 4 is 29.0 Å². The summed E-state index contributed by atoms with van der Waals surface area (Å²) in [5, 5.41) is 0. The van der Waals surface area contributed by atoms with E-state index in [1.165, 1.54) is 9.14 Å². The molecular weight excluding hydrogens is 258 g/mol. The molecule has 0 spiro atoms. The molecule has 0 bridgehead atoms. The van der Waals surface area contributed by atoms with Crippen molar-refractivity contribution in [3.63, 3.8) is 0 Å². The molecule has 2 aromatic rings. The molecule has 0 amide bonds. The average Bonchev–Trinajstić information content (AvgIpc) is 2.59. The fourth-order valence-corrected chi connectivity index (χ4v) is 3.91. The Balaban J connectivity index is 2.48. The Bertz CT molecular complexity index is 253. The second-order valence-corrected chi connectivity index (χ2v) is 5.43. The molecule has 0 N–H and O–H groups in total. The predicted molar refractivity (Wildman–Crippen MR) is 41.3 cm³/mol. The van der Waals surface area contributed by atoms with E-state index in [9.17, 15) is 0 Å². The van der Waals surface area contributed by atoms with Crippen LogP contribution in [0.25, 0.3) is 9.14 Å². The molecule has 0 saturated carbocycles. The molecule has 2 rings (SSSR count). The normalized spacial score (nSPS) is 10.0. The second-order valence-electron chi connectivity index (χ2n) is 1.67. The van der Waals surface area contributed by atoms with Crippen LogP contribution in [0.5, 0.6) is 0 Å². The Hall–Kier alpha value is -0.141. The molecule has 0 aliphatic rings. The number of nitrogens with zero attached hydrogens (tertiary/aromatic N) is 2. The first-order valence-corrected chi connectivity index (χ1v) is 6.45. The molecule has 0 aliphatic heterocycles. The van der Waals surface area contributed by atoms with Crippen molar-refractivity contribution in [1.29, 1.82) is 0 Å². The van der Waals surface area contributed by atoms with Gasteiger partial charge in [0, 0.05) is 0 Å². The van der Waals surface area contributed by atoms with Crippen molar-refractivity contribution < 1.29 is 0 Å². The van der Waals surface area contributed by atoms with Crippen LogP contribution < -0.4 is 0 Å². The fraction of sp³-hybridized carbons (Fsp3) is 0. The number of hydrogen-bond acceptors (Lipinski definition) is 2. The minimum absolute atomic E-state index is 0.465. The zero-order chi connectivity index (χ0) is 6.81. The summed E-state index contributed by atoms with van der Waals surface area (Å²) in [5.74, 6) is 0. The van der Waals surface area contributed by atoms with Gasteiger partial charge < -0.3 is 0 Å². The van der Waals surface area contributed by atoms with Crippen LogP contribution in [-0.4, -0.2) is 39.0 Å². The summed E-state index contributed by atoms with van der Waals surface area (Å²) in [6, 6.07) is 0. The van der Waals surface area contributed by atoms with Gasteiger partial charge in [0.05, 0.1) is 0 Å². The number of hydrogen-bond donors (Lipinski definition) is 0. The second kappa shape index (κ2) is 2.85. The van der Waals surface area contributed by atoms with Gasteiger partial charge in [-0.15, -0.1) is 0 Å². The Morgan fingerprint density at radius 1 is 0.900 bits per heavy atom. The molecule has 0 atom stereocenters. The molecule has 50 valence electrons. The van der Waals surface area contributed by atoms with Crippen LogP contribution in [0.2, 0.25) is 0 Å². The maximum absolute atomic E-state index is 4.23. The van der Waals surface area contributed by atoms with Crippen LogP contribution >= 0.6 is 0 Å². The van der Waals surface area contributed by atoms with E-state index < -0.39 is 0 Å². The number of aromatic nitrogens is 2. The van der Waals surface area contributed by atoms with Gasteiger partial charge in [-0.3, -0.25) is 0 Å². The van der Waals surface area contributed by atoms with E-state index in [1.807, 2.05) is 12.4 Å². The fourth-order valence-electron chi connectivity index (χ4n) is 0.658. The van der Waals surface area contributed by atoms with Gasteiger partial charge >= 0.3 is 70.4 Å². The van der Waals surface area contributed by atoms with E-state index in [-0.39, 0.29) is 0 Å². The van der Waals surface area contributed by atoms with Crippen LogP contribution in [0.4, 0.5) is 0 Å². The van der Waals surface area contributed by atoms with Crippen molar-refractivity contribution in [3.8, 4) is 9.14 Å². The third-order valence-corrected chi connectivity index (χ3v) is 4.97. The van der Waals surface area contributed by atoms with Gasteiger partial charge in [-0.05, 0) is 0 Å².